The van der Waals surface area contributed by atoms with Crippen LogP contribution in [-0.4, -0.2) is 31.8 Å². The summed E-state index contributed by atoms with van der Waals surface area (Å²) in [6, 6.07) is 13.0. The van der Waals surface area contributed by atoms with Crippen molar-refractivity contribution >= 4 is 16.0 Å². The number of rotatable bonds is 4. The molecule has 0 amide bonds. The van der Waals surface area contributed by atoms with Crippen molar-refractivity contribution in [3.05, 3.63) is 59.2 Å². The van der Waals surface area contributed by atoms with E-state index in [4.69, 9.17) is 4.74 Å². The van der Waals surface area contributed by atoms with E-state index in [0.717, 1.165) is 30.4 Å². The third-order valence-electron chi connectivity index (χ3n) is 6.05. The molecule has 4 rings (SSSR count). The molecular formula is C23H27NO4S. The molecule has 2 aromatic carbocycles. The summed E-state index contributed by atoms with van der Waals surface area (Å²) >= 11 is 0. The van der Waals surface area contributed by atoms with Crippen LogP contribution in [0.2, 0.25) is 0 Å². The molecule has 29 heavy (non-hydrogen) atoms. The van der Waals surface area contributed by atoms with Gasteiger partial charge in [0.2, 0.25) is 10.0 Å². The number of hydrogen-bond donors (Lipinski definition) is 0. The highest BCUT2D eigenvalue weighted by atomic mass is 32.2. The molecule has 5 nitrogen and oxygen atoms in total. The molecule has 0 aromatic heterocycles. The van der Waals surface area contributed by atoms with E-state index in [1.165, 1.54) is 16.3 Å². The SMILES string of the molecule is Cc1ccccc1OC(=O)C1CCN(S(=O)(=O)c2ccc3c(c2)CCCC3)CC1. The molecule has 154 valence electrons. The normalized spacial score (nSPS) is 18.2. The predicted octanol–water partition coefficient (Wildman–Crippen LogP) is 3.88. The number of nitrogens with zero attached hydrogens (tertiary/aromatic N) is 1. The number of para-hydroxylation sites is 1. The van der Waals surface area contributed by atoms with E-state index in [1.54, 1.807) is 12.1 Å². The van der Waals surface area contributed by atoms with E-state index >= 15 is 0 Å². The van der Waals surface area contributed by atoms with E-state index in [0.29, 0.717) is 36.6 Å². The second kappa shape index (κ2) is 8.28. The van der Waals surface area contributed by atoms with Gasteiger partial charge in [-0.05, 0) is 80.3 Å². The van der Waals surface area contributed by atoms with Gasteiger partial charge in [0.15, 0.2) is 0 Å². The lowest BCUT2D eigenvalue weighted by Crippen LogP contribution is -2.41. The molecule has 2 aliphatic rings. The van der Waals surface area contributed by atoms with E-state index in [9.17, 15) is 13.2 Å². The zero-order chi connectivity index (χ0) is 20.4. The van der Waals surface area contributed by atoms with Gasteiger partial charge in [-0.25, -0.2) is 8.42 Å². The first-order valence-electron chi connectivity index (χ1n) is 10.3. The van der Waals surface area contributed by atoms with Gasteiger partial charge in [-0.3, -0.25) is 4.79 Å². The van der Waals surface area contributed by atoms with Gasteiger partial charge in [0.25, 0.3) is 0 Å². The van der Waals surface area contributed by atoms with Crippen molar-refractivity contribution in [2.24, 2.45) is 5.92 Å². The molecule has 0 radical (unpaired) electrons. The number of benzene rings is 2. The third kappa shape index (κ3) is 4.23. The first kappa shape index (κ1) is 20.1. The zero-order valence-electron chi connectivity index (χ0n) is 16.8. The van der Waals surface area contributed by atoms with Gasteiger partial charge in [0.05, 0.1) is 10.8 Å². The number of sulfonamides is 1. The maximum Gasteiger partial charge on any atom is 0.314 e. The second-order valence-electron chi connectivity index (χ2n) is 8.00. The third-order valence-corrected chi connectivity index (χ3v) is 7.94. The van der Waals surface area contributed by atoms with Gasteiger partial charge >= 0.3 is 5.97 Å². The summed E-state index contributed by atoms with van der Waals surface area (Å²) in [5.74, 6) is 0.0244. The predicted molar refractivity (Wildman–Crippen MR) is 111 cm³/mol. The number of fused-ring (bicyclic) bond motifs is 1. The molecule has 6 heteroatoms. The Labute approximate surface area is 172 Å². The van der Waals surface area contributed by atoms with Gasteiger partial charge < -0.3 is 4.74 Å². The van der Waals surface area contributed by atoms with Gasteiger partial charge in [-0.1, -0.05) is 24.3 Å². The topological polar surface area (TPSA) is 63.7 Å². The van der Waals surface area contributed by atoms with Crippen molar-refractivity contribution in [1.29, 1.82) is 0 Å². The van der Waals surface area contributed by atoms with Crippen LogP contribution in [-0.2, 0) is 27.7 Å². The van der Waals surface area contributed by atoms with E-state index in [-0.39, 0.29) is 11.9 Å². The number of carbonyl (C=O) groups is 1. The summed E-state index contributed by atoms with van der Waals surface area (Å²) in [6.07, 6.45) is 5.23. The number of piperidine rings is 1. The Bertz CT molecular complexity index is 1010. The number of hydrogen-bond acceptors (Lipinski definition) is 4. The highest BCUT2D eigenvalue weighted by Gasteiger charge is 2.33. The summed E-state index contributed by atoms with van der Waals surface area (Å²) < 4.78 is 33.2. The van der Waals surface area contributed by atoms with Gasteiger partial charge in [-0.15, -0.1) is 0 Å². The Hall–Kier alpha value is -2.18. The molecule has 0 saturated carbocycles. The Balaban J connectivity index is 1.41. The van der Waals surface area contributed by atoms with E-state index < -0.39 is 10.0 Å². The zero-order valence-corrected chi connectivity index (χ0v) is 17.6. The van der Waals surface area contributed by atoms with Crippen LogP contribution in [0.5, 0.6) is 5.75 Å². The first-order valence-corrected chi connectivity index (χ1v) is 11.8. The molecule has 1 fully saturated rings. The Morgan fingerprint density at radius 2 is 1.69 bits per heavy atom. The average molecular weight is 414 g/mol. The molecule has 1 aliphatic heterocycles. The van der Waals surface area contributed by atoms with Crippen molar-refractivity contribution in [2.45, 2.75) is 50.3 Å². The molecule has 1 saturated heterocycles. The van der Waals surface area contributed by atoms with Gasteiger partial charge in [0.1, 0.15) is 5.75 Å². The lowest BCUT2D eigenvalue weighted by atomic mass is 9.92. The number of carbonyl (C=O) groups excluding carboxylic acids is 1. The van der Waals surface area contributed by atoms with Crippen molar-refractivity contribution in [3.8, 4) is 5.75 Å². The van der Waals surface area contributed by atoms with Crippen LogP contribution in [0.25, 0.3) is 0 Å². The van der Waals surface area contributed by atoms with Crippen molar-refractivity contribution < 1.29 is 17.9 Å². The summed E-state index contributed by atoms with van der Waals surface area (Å²) in [6.45, 7) is 2.58. The van der Waals surface area contributed by atoms with Crippen molar-refractivity contribution in [1.82, 2.24) is 4.31 Å². The van der Waals surface area contributed by atoms with Crippen LogP contribution >= 0.6 is 0 Å². The second-order valence-corrected chi connectivity index (χ2v) is 9.94. The van der Waals surface area contributed by atoms with E-state index in [1.807, 2.05) is 37.3 Å². The summed E-state index contributed by atoms with van der Waals surface area (Å²) in [4.78, 5) is 12.9. The minimum Gasteiger partial charge on any atom is -0.426 e. The average Bonchev–Trinajstić information content (AvgIpc) is 2.75. The highest BCUT2D eigenvalue weighted by molar-refractivity contribution is 7.89. The smallest absolute Gasteiger partial charge is 0.314 e. The van der Waals surface area contributed by atoms with Crippen LogP contribution in [0, 0.1) is 12.8 Å². The molecule has 0 N–H and O–H groups in total. The van der Waals surface area contributed by atoms with Crippen LogP contribution in [0.1, 0.15) is 42.4 Å². The fraction of sp³-hybridized carbons (Fsp3) is 0.435. The first-order chi connectivity index (χ1) is 13.9. The molecule has 1 heterocycles. The Morgan fingerprint density at radius 3 is 2.41 bits per heavy atom. The monoisotopic (exact) mass is 413 g/mol. The Morgan fingerprint density at radius 1 is 1.00 bits per heavy atom. The molecule has 0 spiro atoms. The highest BCUT2D eigenvalue weighted by Crippen LogP contribution is 2.29. The van der Waals surface area contributed by atoms with Crippen LogP contribution in [0.4, 0.5) is 0 Å². The van der Waals surface area contributed by atoms with Crippen LogP contribution in [0.15, 0.2) is 47.4 Å². The largest absolute Gasteiger partial charge is 0.426 e. The maximum absolute atomic E-state index is 13.1. The lowest BCUT2D eigenvalue weighted by Gasteiger charge is -2.30. The fourth-order valence-electron chi connectivity index (χ4n) is 4.21. The fourth-order valence-corrected chi connectivity index (χ4v) is 5.73. The van der Waals surface area contributed by atoms with E-state index in [2.05, 4.69) is 0 Å². The van der Waals surface area contributed by atoms with Crippen LogP contribution in [0.3, 0.4) is 0 Å². The molecule has 0 atom stereocenters. The number of aryl methyl sites for hydroxylation is 3. The summed E-state index contributed by atoms with van der Waals surface area (Å²) in [5.41, 5.74) is 3.34. The Kier molecular flexibility index (Phi) is 5.74. The number of esters is 1. The summed E-state index contributed by atoms with van der Waals surface area (Å²) in [5, 5.41) is 0. The lowest BCUT2D eigenvalue weighted by molar-refractivity contribution is -0.140. The molecule has 1 aliphatic carbocycles. The minimum absolute atomic E-state index is 0.273. The molecule has 2 aromatic rings. The minimum atomic E-state index is -3.53. The molecule has 0 unspecified atom stereocenters. The summed E-state index contributed by atoms with van der Waals surface area (Å²) in [7, 11) is -3.53. The van der Waals surface area contributed by atoms with Crippen LogP contribution < -0.4 is 4.74 Å². The quantitative estimate of drug-likeness (QED) is 0.564. The number of ether oxygens (including phenoxy) is 1. The molecular weight excluding hydrogens is 386 g/mol. The van der Waals surface area contributed by atoms with Crippen molar-refractivity contribution in [3.63, 3.8) is 0 Å². The standard InChI is InChI=1S/C23H27NO4S/c1-17-6-2-5-9-22(17)28-23(25)19-12-14-24(15-13-19)29(26,27)21-11-10-18-7-3-4-8-20(18)16-21/h2,5-6,9-11,16,19H,3-4,7-8,12-15H2,1H3. The van der Waals surface area contributed by atoms with Crippen molar-refractivity contribution in [2.75, 3.05) is 13.1 Å². The van der Waals surface area contributed by atoms with Gasteiger partial charge in [-0.2, -0.15) is 4.31 Å². The maximum atomic E-state index is 13.1. The van der Waals surface area contributed by atoms with Gasteiger partial charge in [0, 0.05) is 13.1 Å². The molecule has 0 bridgehead atoms.